The summed E-state index contributed by atoms with van der Waals surface area (Å²) in [6, 6.07) is 28.1. The third-order valence-electron chi connectivity index (χ3n) is 7.67. The molecule has 1 saturated heterocycles. The van der Waals surface area contributed by atoms with Crippen LogP contribution in [0.2, 0.25) is 0 Å². The third-order valence-corrected chi connectivity index (χ3v) is 7.67. The molecule has 5 nitrogen and oxygen atoms in total. The van der Waals surface area contributed by atoms with Crippen molar-refractivity contribution in [2.75, 3.05) is 0 Å². The molecule has 1 aromatic heterocycles. The first kappa shape index (κ1) is 22.7. The number of aromatic nitrogens is 1. The lowest BCUT2D eigenvalue weighted by Crippen LogP contribution is -2.41. The zero-order valence-electron chi connectivity index (χ0n) is 20.8. The summed E-state index contributed by atoms with van der Waals surface area (Å²) in [4.78, 5) is 0. The first-order valence-corrected chi connectivity index (χ1v) is 12.2. The van der Waals surface area contributed by atoms with Gasteiger partial charge in [0, 0.05) is 22.5 Å². The lowest BCUT2D eigenvalue weighted by molar-refractivity contribution is 0.00578. The van der Waals surface area contributed by atoms with Crippen LogP contribution in [0.3, 0.4) is 0 Å². The summed E-state index contributed by atoms with van der Waals surface area (Å²) < 4.78 is 14.4. The maximum atomic E-state index is 11.5. The first-order chi connectivity index (χ1) is 17.2. The second-order valence-corrected chi connectivity index (χ2v) is 10.4. The largest absolute Gasteiger partial charge is 0.508 e. The Labute approximate surface area is 210 Å². The van der Waals surface area contributed by atoms with Crippen LogP contribution in [0.1, 0.15) is 27.7 Å². The minimum Gasteiger partial charge on any atom is -0.508 e. The molecule has 4 aromatic carbocycles. The molecule has 2 heterocycles. The molecule has 36 heavy (non-hydrogen) atoms. The number of aromatic hydroxyl groups is 2. The van der Waals surface area contributed by atoms with Gasteiger partial charge in [-0.1, -0.05) is 60.7 Å². The Morgan fingerprint density at radius 1 is 0.694 bits per heavy atom. The molecule has 0 unspecified atom stereocenters. The summed E-state index contributed by atoms with van der Waals surface area (Å²) in [5, 5.41) is 24.2. The molecule has 0 bridgehead atoms. The van der Waals surface area contributed by atoms with Gasteiger partial charge in [-0.15, -0.1) is 0 Å². The van der Waals surface area contributed by atoms with E-state index in [0.717, 1.165) is 27.7 Å². The smallest absolute Gasteiger partial charge is 0.502 e. The van der Waals surface area contributed by atoms with Crippen molar-refractivity contribution in [3.8, 4) is 28.3 Å². The maximum Gasteiger partial charge on any atom is 0.502 e. The predicted octanol–water partition coefficient (Wildman–Crippen LogP) is 6.16. The van der Waals surface area contributed by atoms with E-state index in [4.69, 9.17) is 9.31 Å². The minimum atomic E-state index is -0.883. The van der Waals surface area contributed by atoms with Gasteiger partial charge in [0.15, 0.2) is 0 Å². The van der Waals surface area contributed by atoms with Gasteiger partial charge in [0.1, 0.15) is 11.5 Å². The lowest BCUT2D eigenvalue weighted by Gasteiger charge is -2.32. The fourth-order valence-corrected chi connectivity index (χ4v) is 5.01. The molecule has 1 fully saturated rings. The summed E-state index contributed by atoms with van der Waals surface area (Å²) in [7, 11) is -0.883. The number of hydrogen-bond donors (Lipinski definition) is 2. The fraction of sp³-hybridized carbons (Fsp3) is 0.200. The van der Waals surface area contributed by atoms with E-state index in [1.54, 1.807) is 6.07 Å². The molecule has 0 spiro atoms. The van der Waals surface area contributed by atoms with Crippen LogP contribution in [0.25, 0.3) is 38.6 Å². The van der Waals surface area contributed by atoms with Crippen LogP contribution in [0, 0.1) is 0 Å². The van der Waals surface area contributed by atoms with Crippen LogP contribution in [0.5, 0.6) is 11.5 Å². The third kappa shape index (κ3) is 3.33. The Morgan fingerprint density at radius 3 is 1.94 bits per heavy atom. The summed E-state index contributed by atoms with van der Waals surface area (Å²) >= 11 is 0. The number of phenols is 2. The van der Waals surface area contributed by atoms with Gasteiger partial charge < -0.3 is 24.1 Å². The van der Waals surface area contributed by atoms with Crippen molar-refractivity contribution in [1.82, 2.24) is 4.57 Å². The Kier molecular flexibility index (Phi) is 4.97. The van der Waals surface area contributed by atoms with Crippen molar-refractivity contribution in [3.05, 3.63) is 84.9 Å². The molecular weight excluding hydrogens is 449 g/mol. The molecule has 0 aliphatic carbocycles. The first-order valence-electron chi connectivity index (χ1n) is 12.2. The van der Waals surface area contributed by atoms with Crippen molar-refractivity contribution in [3.63, 3.8) is 0 Å². The van der Waals surface area contributed by atoms with Crippen molar-refractivity contribution in [2.45, 2.75) is 38.9 Å². The highest BCUT2D eigenvalue weighted by atomic mass is 16.7. The van der Waals surface area contributed by atoms with Crippen LogP contribution < -0.4 is 5.46 Å². The van der Waals surface area contributed by atoms with Crippen molar-refractivity contribution in [2.24, 2.45) is 0 Å². The number of phenolic OH excluding ortho intramolecular Hbond substituents is 2. The average molecular weight is 477 g/mol. The summed E-state index contributed by atoms with van der Waals surface area (Å²) in [5.74, 6) is -0.0946. The molecule has 0 radical (unpaired) electrons. The van der Waals surface area contributed by atoms with Crippen LogP contribution in [0.4, 0.5) is 0 Å². The van der Waals surface area contributed by atoms with Crippen molar-refractivity contribution < 1.29 is 19.5 Å². The lowest BCUT2D eigenvalue weighted by atomic mass is 9.76. The molecule has 0 amide bonds. The van der Waals surface area contributed by atoms with Gasteiger partial charge in [0.25, 0.3) is 0 Å². The Morgan fingerprint density at radius 2 is 1.28 bits per heavy atom. The van der Waals surface area contributed by atoms with Crippen LogP contribution in [-0.4, -0.2) is 33.1 Å². The molecule has 0 saturated carbocycles. The second kappa shape index (κ2) is 7.89. The zero-order chi connectivity index (χ0) is 25.2. The van der Waals surface area contributed by atoms with E-state index in [0.29, 0.717) is 10.9 Å². The molecule has 6 heteroatoms. The van der Waals surface area contributed by atoms with Gasteiger partial charge in [0.05, 0.1) is 27.7 Å². The number of nitrogens with zero attached hydrogens (tertiary/aromatic N) is 1. The molecule has 1 aliphatic heterocycles. The van der Waals surface area contributed by atoms with Gasteiger partial charge >= 0.3 is 7.12 Å². The number of fused-ring (bicyclic) bond motifs is 3. The SMILES string of the molecule is CC1(C)OB(c2c(O)cc3c(c2O)c2ccccc2n3-c2ccc(-c3ccccc3)cc2)OC1(C)C. The predicted molar refractivity (Wildman–Crippen MR) is 145 cm³/mol. The van der Waals surface area contributed by atoms with E-state index in [1.165, 1.54) is 0 Å². The normalized spacial score (nSPS) is 16.7. The highest BCUT2D eigenvalue weighted by Crippen LogP contribution is 2.42. The van der Waals surface area contributed by atoms with Crippen LogP contribution in [-0.2, 0) is 9.31 Å². The van der Waals surface area contributed by atoms with Gasteiger partial charge in [-0.25, -0.2) is 0 Å². The zero-order valence-corrected chi connectivity index (χ0v) is 20.8. The molecule has 180 valence electrons. The van der Waals surface area contributed by atoms with E-state index in [1.807, 2.05) is 70.2 Å². The topological polar surface area (TPSA) is 63.8 Å². The van der Waals surface area contributed by atoms with Gasteiger partial charge in [-0.3, -0.25) is 0 Å². The van der Waals surface area contributed by atoms with Gasteiger partial charge in [-0.2, -0.15) is 0 Å². The number of benzene rings is 4. The Hall–Kier alpha value is -3.74. The summed E-state index contributed by atoms with van der Waals surface area (Å²) in [6.45, 7) is 7.80. The van der Waals surface area contributed by atoms with Crippen LogP contribution >= 0.6 is 0 Å². The highest BCUT2D eigenvalue weighted by Gasteiger charge is 2.53. The molecule has 2 N–H and O–H groups in total. The fourth-order valence-electron chi connectivity index (χ4n) is 5.01. The number of rotatable bonds is 3. The standard InChI is InChI=1S/C30H28BNO4/c1-29(2)30(3,4)36-31(35-29)27-25(33)18-24-26(28(27)34)22-12-8-9-13-23(22)32(24)21-16-14-20(15-17-21)19-10-6-5-7-11-19/h5-18,33-34H,1-4H3. The minimum absolute atomic E-state index is 0.0284. The molecular formula is C30H28BNO4. The van der Waals surface area contributed by atoms with Gasteiger partial charge in [0.2, 0.25) is 0 Å². The monoisotopic (exact) mass is 477 g/mol. The van der Waals surface area contributed by atoms with E-state index >= 15 is 0 Å². The molecule has 0 atom stereocenters. The van der Waals surface area contributed by atoms with Crippen molar-refractivity contribution >= 4 is 34.4 Å². The quantitative estimate of drug-likeness (QED) is 0.306. The van der Waals surface area contributed by atoms with Crippen LogP contribution in [0.15, 0.2) is 84.9 Å². The second-order valence-electron chi connectivity index (χ2n) is 10.4. The maximum absolute atomic E-state index is 11.5. The van der Waals surface area contributed by atoms with E-state index in [-0.39, 0.29) is 17.0 Å². The molecule has 5 aromatic rings. The van der Waals surface area contributed by atoms with Crippen molar-refractivity contribution in [1.29, 1.82) is 0 Å². The van der Waals surface area contributed by atoms with E-state index in [2.05, 4.69) is 41.0 Å². The molecule has 6 rings (SSSR count). The number of para-hydroxylation sites is 1. The Bertz CT molecular complexity index is 1590. The summed E-state index contributed by atoms with van der Waals surface area (Å²) in [5.41, 5.74) is 3.90. The molecule has 1 aliphatic rings. The van der Waals surface area contributed by atoms with Gasteiger partial charge in [-0.05, 0) is 57.0 Å². The highest BCUT2D eigenvalue weighted by molar-refractivity contribution is 6.65. The Balaban J connectivity index is 1.55. The average Bonchev–Trinajstić information content (AvgIpc) is 3.29. The van der Waals surface area contributed by atoms with E-state index < -0.39 is 18.3 Å². The van der Waals surface area contributed by atoms with E-state index in [9.17, 15) is 10.2 Å². The number of hydrogen-bond acceptors (Lipinski definition) is 4. The summed E-state index contributed by atoms with van der Waals surface area (Å²) in [6.07, 6.45) is 0.